The van der Waals surface area contributed by atoms with E-state index < -0.39 is 0 Å². The van der Waals surface area contributed by atoms with Gasteiger partial charge in [0.2, 0.25) is 0 Å². The van der Waals surface area contributed by atoms with Crippen LogP contribution in [0.1, 0.15) is 37.3 Å². The average Bonchev–Trinajstić information content (AvgIpc) is 2.31. The van der Waals surface area contributed by atoms with Crippen LogP contribution in [0.3, 0.4) is 0 Å². The number of hydrogen-bond donors (Lipinski definition) is 1. The fraction of sp³-hybridized carbons (Fsp3) is 0.600. The summed E-state index contributed by atoms with van der Waals surface area (Å²) in [4.78, 5) is 0. The van der Waals surface area contributed by atoms with Crippen molar-refractivity contribution in [1.29, 1.82) is 0 Å². The summed E-state index contributed by atoms with van der Waals surface area (Å²) in [7, 11) is 0. The van der Waals surface area contributed by atoms with E-state index in [1.165, 1.54) is 24.3 Å². The molecule has 0 spiro atoms. The van der Waals surface area contributed by atoms with E-state index in [2.05, 4.69) is 43.4 Å². The van der Waals surface area contributed by atoms with Gasteiger partial charge < -0.3 is 5.32 Å². The van der Waals surface area contributed by atoms with Gasteiger partial charge in [-0.15, -0.1) is 0 Å². The van der Waals surface area contributed by atoms with E-state index in [1.807, 2.05) is 11.8 Å². The summed E-state index contributed by atoms with van der Waals surface area (Å²) in [6.07, 6.45) is 2.55. The minimum Gasteiger partial charge on any atom is -0.314 e. The second-order valence-electron chi connectivity index (χ2n) is 4.89. The summed E-state index contributed by atoms with van der Waals surface area (Å²) in [6, 6.07) is 9.50. The van der Waals surface area contributed by atoms with E-state index >= 15 is 0 Å². The van der Waals surface area contributed by atoms with Gasteiger partial charge in [0.25, 0.3) is 0 Å². The van der Waals surface area contributed by atoms with Crippen molar-refractivity contribution in [3.05, 3.63) is 35.4 Å². The number of fused-ring (bicyclic) bond motifs is 1. The summed E-state index contributed by atoms with van der Waals surface area (Å²) in [5, 5.41) is 3.67. The fourth-order valence-corrected chi connectivity index (χ4v) is 3.20. The summed E-state index contributed by atoms with van der Waals surface area (Å²) in [5.41, 5.74) is 3.11. The van der Waals surface area contributed by atoms with E-state index in [4.69, 9.17) is 0 Å². The number of benzene rings is 1. The van der Waals surface area contributed by atoms with E-state index in [-0.39, 0.29) is 0 Å². The number of rotatable bonds is 7. The van der Waals surface area contributed by atoms with Crippen LogP contribution in [0.4, 0.5) is 0 Å². The molecular formula is C15H23NS. The predicted octanol–water partition coefficient (Wildman–Crippen LogP) is 3.45. The molecule has 2 unspecified atom stereocenters. The Morgan fingerprint density at radius 2 is 2.24 bits per heavy atom. The molecule has 1 N–H and O–H groups in total. The van der Waals surface area contributed by atoms with Crippen LogP contribution < -0.4 is 5.32 Å². The highest BCUT2D eigenvalue weighted by molar-refractivity contribution is 7.99. The van der Waals surface area contributed by atoms with Gasteiger partial charge in [0, 0.05) is 18.5 Å². The van der Waals surface area contributed by atoms with Gasteiger partial charge in [-0.1, -0.05) is 31.2 Å². The Kier molecular flexibility index (Phi) is 4.93. The molecule has 2 atom stereocenters. The second-order valence-corrected chi connectivity index (χ2v) is 6.29. The predicted molar refractivity (Wildman–Crippen MR) is 78.0 cm³/mol. The molecule has 0 aliphatic heterocycles. The van der Waals surface area contributed by atoms with Gasteiger partial charge in [-0.05, 0) is 42.4 Å². The molecule has 0 fully saturated rings. The van der Waals surface area contributed by atoms with Gasteiger partial charge in [-0.3, -0.25) is 0 Å². The summed E-state index contributed by atoms with van der Waals surface area (Å²) in [5.74, 6) is 3.28. The molecule has 1 nitrogen and oxygen atoms in total. The van der Waals surface area contributed by atoms with Gasteiger partial charge >= 0.3 is 0 Å². The second kappa shape index (κ2) is 6.46. The molecule has 0 radical (unpaired) electrons. The molecule has 0 aromatic heterocycles. The third-order valence-corrected chi connectivity index (χ3v) is 4.51. The monoisotopic (exact) mass is 249 g/mol. The quantitative estimate of drug-likeness (QED) is 0.743. The molecule has 1 aromatic rings. The van der Waals surface area contributed by atoms with Crippen molar-refractivity contribution < 1.29 is 0 Å². The topological polar surface area (TPSA) is 12.0 Å². The molecule has 1 aliphatic rings. The first-order valence-corrected chi connectivity index (χ1v) is 7.85. The Labute approximate surface area is 109 Å². The summed E-state index contributed by atoms with van der Waals surface area (Å²) in [6.45, 7) is 5.68. The van der Waals surface area contributed by atoms with Crippen LogP contribution in [0.25, 0.3) is 0 Å². The molecule has 0 bridgehead atoms. The maximum Gasteiger partial charge on any atom is 0.00468 e. The lowest BCUT2D eigenvalue weighted by Gasteiger charge is -2.31. The lowest BCUT2D eigenvalue weighted by atomic mass is 9.77. The highest BCUT2D eigenvalue weighted by atomic mass is 32.2. The molecular weight excluding hydrogens is 226 g/mol. The SMILES string of the molecule is CCSCCC(C)NCC1Cc2ccccc21. The molecule has 1 aromatic carbocycles. The Balaban J connectivity index is 1.67. The van der Waals surface area contributed by atoms with Crippen LogP contribution in [0.5, 0.6) is 0 Å². The first kappa shape index (κ1) is 13.0. The lowest BCUT2D eigenvalue weighted by Crippen LogP contribution is -2.34. The summed E-state index contributed by atoms with van der Waals surface area (Å²) >= 11 is 2.04. The van der Waals surface area contributed by atoms with Gasteiger partial charge in [-0.2, -0.15) is 11.8 Å². The minimum absolute atomic E-state index is 0.654. The van der Waals surface area contributed by atoms with Crippen molar-refractivity contribution >= 4 is 11.8 Å². The zero-order valence-electron chi connectivity index (χ0n) is 10.9. The van der Waals surface area contributed by atoms with Crippen LogP contribution in [-0.4, -0.2) is 24.1 Å². The maximum atomic E-state index is 3.67. The maximum absolute atomic E-state index is 3.67. The molecule has 17 heavy (non-hydrogen) atoms. The number of nitrogens with one attached hydrogen (secondary N) is 1. The van der Waals surface area contributed by atoms with Crippen LogP contribution >= 0.6 is 11.8 Å². The molecule has 0 saturated heterocycles. The molecule has 0 heterocycles. The first-order chi connectivity index (χ1) is 8.31. The highest BCUT2D eigenvalue weighted by Crippen LogP contribution is 2.34. The van der Waals surface area contributed by atoms with Gasteiger partial charge in [-0.25, -0.2) is 0 Å². The lowest BCUT2D eigenvalue weighted by molar-refractivity contribution is 0.473. The molecule has 2 rings (SSSR count). The molecule has 2 heteroatoms. The molecule has 1 aliphatic carbocycles. The Hall–Kier alpha value is -0.470. The summed E-state index contributed by atoms with van der Waals surface area (Å²) < 4.78 is 0. The Morgan fingerprint density at radius 1 is 1.41 bits per heavy atom. The zero-order chi connectivity index (χ0) is 12.1. The van der Waals surface area contributed by atoms with Crippen molar-refractivity contribution in [3.63, 3.8) is 0 Å². The third kappa shape index (κ3) is 3.49. The zero-order valence-corrected chi connectivity index (χ0v) is 11.7. The van der Waals surface area contributed by atoms with Crippen LogP contribution in [0.15, 0.2) is 24.3 Å². The average molecular weight is 249 g/mol. The Bertz CT molecular complexity index is 351. The molecule has 0 saturated carbocycles. The fourth-order valence-electron chi connectivity index (χ4n) is 2.39. The van der Waals surface area contributed by atoms with Crippen molar-refractivity contribution in [3.8, 4) is 0 Å². The number of thioether (sulfide) groups is 1. The Morgan fingerprint density at radius 3 is 3.00 bits per heavy atom. The van der Waals surface area contributed by atoms with Gasteiger partial charge in [0.05, 0.1) is 0 Å². The molecule has 94 valence electrons. The first-order valence-electron chi connectivity index (χ1n) is 6.70. The van der Waals surface area contributed by atoms with Crippen LogP contribution in [-0.2, 0) is 6.42 Å². The van der Waals surface area contributed by atoms with E-state index in [1.54, 1.807) is 11.1 Å². The number of hydrogen-bond acceptors (Lipinski definition) is 2. The minimum atomic E-state index is 0.654. The van der Waals surface area contributed by atoms with Crippen LogP contribution in [0, 0.1) is 0 Å². The smallest absolute Gasteiger partial charge is 0.00468 e. The van der Waals surface area contributed by atoms with Crippen molar-refractivity contribution in [2.24, 2.45) is 0 Å². The van der Waals surface area contributed by atoms with E-state index in [0.717, 1.165) is 12.5 Å². The van der Waals surface area contributed by atoms with E-state index in [9.17, 15) is 0 Å². The van der Waals surface area contributed by atoms with Crippen molar-refractivity contribution in [2.75, 3.05) is 18.1 Å². The van der Waals surface area contributed by atoms with Crippen molar-refractivity contribution in [1.82, 2.24) is 5.32 Å². The largest absolute Gasteiger partial charge is 0.314 e. The highest BCUT2D eigenvalue weighted by Gasteiger charge is 2.24. The molecule has 0 amide bonds. The van der Waals surface area contributed by atoms with Gasteiger partial charge in [0.15, 0.2) is 0 Å². The van der Waals surface area contributed by atoms with Crippen molar-refractivity contribution in [2.45, 2.75) is 38.6 Å². The van der Waals surface area contributed by atoms with Gasteiger partial charge in [0.1, 0.15) is 0 Å². The van der Waals surface area contributed by atoms with E-state index in [0.29, 0.717) is 6.04 Å². The third-order valence-electron chi connectivity index (χ3n) is 3.57. The standard InChI is InChI=1S/C15H23NS/c1-3-17-9-8-12(2)16-11-14-10-13-6-4-5-7-15(13)14/h4-7,12,14,16H,3,8-11H2,1-2H3. The normalized spacial score (nSPS) is 19.5. The van der Waals surface area contributed by atoms with Crippen LogP contribution in [0.2, 0.25) is 0 Å².